The maximum atomic E-state index is 13.1. The molecule has 0 unspecified atom stereocenters. The molecule has 2 N–H and O–H groups in total. The van der Waals surface area contributed by atoms with E-state index < -0.39 is 0 Å². The van der Waals surface area contributed by atoms with Crippen LogP contribution in [0, 0.1) is 5.82 Å². The van der Waals surface area contributed by atoms with Crippen molar-refractivity contribution in [1.82, 2.24) is 0 Å². The minimum absolute atomic E-state index is 0.0869. The molecule has 2 aromatic rings. The molecule has 4 heteroatoms. The average molecular weight is 324 g/mol. The molecule has 100 valence electrons. The molecule has 0 aliphatic heterocycles. The highest BCUT2D eigenvalue weighted by Gasteiger charge is 2.07. The van der Waals surface area contributed by atoms with Crippen molar-refractivity contribution in [2.75, 3.05) is 0 Å². The zero-order chi connectivity index (χ0) is 13.8. The van der Waals surface area contributed by atoms with Crippen molar-refractivity contribution in [3.8, 4) is 5.75 Å². The molecule has 0 spiro atoms. The minimum Gasteiger partial charge on any atom is -0.489 e. The summed E-state index contributed by atoms with van der Waals surface area (Å²) in [6, 6.07) is 12.4. The predicted octanol–water partition coefficient (Wildman–Crippen LogP) is 4.19. The van der Waals surface area contributed by atoms with Gasteiger partial charge in [-0.15, -0.1) is 0 Å². The van der Waals surface area contributed by atoms with Crippen LogP contribution >= 0.6 is 15.9 Å². The second-order valence-corrected chi connectivity index (χ2v) is 5.22. The van der Waals surface area contributed by atoms with E-state index in [0.717, 1.165) is 16.9 Å². The van der Waals surface area contributed by atoms with Crippen molar-refractivity contribution < 1.29 is 9.13 Å². The molecule has 0 bridgehead atoms. The first-order valence-electron chi connectivity index (χ1n) is 5.99. The molecular formula is C15H15BrFNO. The summed E-state index contributed by atoms with van der Waals surface area (Å²) in [5.74, 6) is 0.484. The number of rotatable bonds is 4. The minimum atomic E-state index is -0.278. The number of ether oxygens (including phenoxy) is 1. The van der Waals surface area contributed by atoms with Gasteiger partial charge in [-0.1, -0.05) is 24.3 Å². The second kappa shape index (κ2) is 6.17. The molecule has 2 aromatic carbocycles. The molecule has 0 heterocycles. The first-order chi connectivity index (χ1) is 9.08. The molecule has 0 fully saturated rings. The number of benzene rings is 2. The number of halogens is 2. The Labute approximate surface area is 120 Å². The molecule has 0 aromatic heterocycles. The monoisotopic (exact) mass is 323 g/mol. The lowest BCUT2D eigenvalue weighted by molar-refractivity contribution is 0.301. The van der Waals surface area contributed by atoms with Gasteiger partial charge in [0, 0.05) is 11.6 Å². The lowest BCUT2D eigenvalue weighted by Gasteiger charge is -2.14. The Morgan fingerprint density at radius 2 is 2.00 bits per heavy atom. The van der Waals surface area contributed by atoms with E-state index in [9.17, 15) is 4.39 Å². The van der Waals surface area contributed by atoms with Gasteiger partial charge in [-0.3, -0.25) is 0 Å². The summed E-state index contributed by atoms with van der Waals surface area (Å²) >= 11 is 3.16. The maximum absolute atomic E-state index is 13.1. The van der Waals surface area contributed by atoms with Crippen LogP contribution in [0.1, 0.15) is 24.1 Å². The fourth-order valence-corrected chi connectivity index (χ4v) is 2.20. The van der Waals surface area contributed by atoms with E-state index >= 15 is 0 Å². The summed E-state index contributed by atoms with van der Waals surface area (Å²) in [6.07, 6.45) is 0. The number of hydrogen-bond donors (Lipinski definition) is 1. The van der Waals surface area contributed by atoms with Crippen molar-refractivity contribution in [2.24, 2.45) is 5.73 Å². The van der Waals surface area contributed by atoms with Crippen LogP contribution in [0.3, 0.4) is 0 Å². The molecule has 1 atom stereocenters. The quantitative estimate of drug-likeness (QED) is 0.915. The predicted molar refractivity (Wildman–Crippen MR) is 77.5 cm³/mol. The van der Waals surface area contributed by atoms with E-state index in [-0.39, 0.29) is 11.9 Å². The average Bonchev–Trinajstić information content (AvgIpc) is 2.40. The van der Waals surface area contributed by atoms with Crippen LogP contribution in [-0.4, -0.2) is 0 Å². The van der Waals surface area contributed by atoms with Gasteiger partial charge >= 0.3 is 0 Å². The SMILES string of the molecule is C[C@H](N)c1ccccc1OCc1ccc(F)c(Br)c1. The summed E-state index contributed by atoms with van der Waals surface area (Å²) in [5, 5.41) is 0. The van der Waals surface area contributed by atoms with Crippen LogP contribution < -0.4 is 10.5 Å². The molecule has 2 nitrogen and oxygen atoms in total. The van der Waals surface area contributed by atoms with Gasteiger partial charge in [0.1, 0.15) is 18.2 Å². The van der Waals surface area contributed by atoms with Gasteiger partial charge in [-0.25, -0.2) is 4.39 Å². The Kier molecular flexibility index (Phi) is 4.56. The van der Waals surface area contributed by atoms with Gasteiger partial charge in [0.05, 0.1) is 4.47 Å². The summed E-state index contributed by atoms with van der Waals surface area (Å²) in [7, 11) is 0. The third kappa shape index (κ3) is 3.55. The summed E-state index contributed by atoms with van der Waals surface area (Å²) < 4.78 is 19.3. The van der Waals surface area contributed by atoms with Crippen molar-refractivity contribution in [3.63, 3.8) is 0 Å². The van der Waals surface area contributed by atoms with Crippen molar-refractivity contribution in [2.45, 2.75) is 19.6 Å². The van der Waals surface area contributed by atoms with Crippen molar-refractivity contribution >= 4 is 15.9 Å². The number of para-hydroxylation sites is 1. The van der Waals surface area contributed by atoms with E-state index in [1.165, 1.54) is 6.07 Å². The molecule has 0 saturated heterocycles. The second-order valence-electron chi connectivity index (χ2n) is 4.36. The maximum Gasteiger partial charge on any atom is 0.137 e. The third-order valence-electron chi connectivity index (χ3n) is 2.79. The fourth-order valence-electron chi connectivity index (χ4n) is 1.78. The normalized spacial score (nSPS) is 12.2. The Bertz CT molecular complexity index is 572. The molecule has 0 amide bonds. The van der Waals surface area contributed by atoms with Gasteiger partial charge in [0.25, 0.3) is 0 Å². The topological polar surface area (TPSA) is 35.2 Å². The lowest BCUT2D eigenvalue weighted by atomic mass is 10.1. The van der Waals surface area contributed by atoms with Gasteiger partial charge in [0.15, 0.2) is 0 Å². The third-order valence-corrected chi connectivity index (χ3v) is 3.40. The first kappa shape index (κ1) is 14.0. The Hall–Kier alpha value is -1.39. The first-order valence-corrected chi connectivity index (χ1v) is 6.78. The summed E-state index contributed by atoms with van der Waals surface area (Å²) in [6.45, 7) is 2.29. The van der Waals surface area contributed by atoms with Gasteiger partial charge in [0.2, 0.25) is 0 Å². The van der Waals surface area contributed by atoms with Gasteiger partial charge in [-0.05, 0) is 46.6 Å². The molecular weight excluding hydrogens is 309 g/mol. The number of hydrogen-bond acceptors (Lipinski definition) is 2. The lowest BCUT2D eigenvalue weighted by Crippen LogP contribution is -2.08. The zero-order valence-corrected chi connectivity index (χ0v) is 12.2. The van der Waals surface area contributed by atoms with Crippen LogP contribution in [0.25, 0.3) is 0 Å². The Balaban J connectivity index is 2.12. The Morgan fingerprint density at radius 1 is 1.26 bits per heavy atom. The van der Waals surface area contributed by atoms with Crippen molar-refractivity contribution in [3.05, 3.63) is 63.9 Å². The van der Waals surface area contributed by atoms with Crippen LogP contribution in [0.5, 0.6) is 5.75 Å². The summed E-state index contributed by atoms with van der Waals surface area (Å²) in [4.78, 5) is 0. The van der Waals surface area contributed by atoms with Crippen LogP contribution in [0.15, 0.2) is 46.9 Å². The highest BCUT2D eigenvalue weighted by atomic mass is 79.9. The van der Waals surface area contributed by atoms with E-state index in [1.54, 1.807) is 12.1 Å². The largest absolute Gasteiger partial charge is 0.489 e. The van der Waals surface area contributed by atoms with E-state index in [0.29, 0.717) is 11.1 Å². The van der Waals surface area contributed by atoms with Crippen LogP contribution in [-0.2, 0) is 6.61 Å². The van der Waals surface area contributed by atoms with E-state index in [1.807, 2.05) is 31.2 Å². The van der Waals surface area contributed by atoms with Gasteiger partial charge in [-0.2, -0.15) is 0 Å². The van der Waals surface area contributed by atoms with E-state index in [4.69, 9.17) is 10.5 Å². The van der Waals surface area contributed by atoms with Crippen LogP contribution in [0.2, 0.25) is 0 Å². The number of nitrogens with two attached hydrogens (primary N) is 1. The van der Waals surface area contributed by atoms with Crippen molar-refractivity contribution in [1.29, 1.82) is 0 Å². The molecule has 19 heavy (non-hydrogen) atoms. The Morgan fingerprint density at radius 3 is 2.68 bits per heavy atom. The smallest absolute Gasteiger partial charge is 0.137 e. The molecule has 2 rings (SSSR count). The fraction of sp³-hybridized carbons (Fsp3) is 0.200. The standard InChI is InChI=1S/C15H15BrFNO/c1-10(18)12-4-2-3-5-15(12)19-9-11-6-7-14(17)13(16)8-11/h2-8,10H,9,18H2,1H3/t10-/m0/s1. The van der Waals surface area contributed by atoms with Crippen LogP contribution in [0.4, 0.5) is 4.39 Å². The molecule has 0 radical (unpaired) electrons. The molecule has 0 saturated carbocycles. The molecule has 0 aliphatic rings. The summed E-state index contributed by atoms with van der Waals surface area (Å²) in [5.41, 5.74) is 7.75. The zero-order valence-electron chi connectivity index (χ0n) is 10.6. The highest BCUT2D eigenvalue weighted by Crippen LogP contribution is 2.25. The highest BCUT2D eigenvalue weighted by molar-refractivity contribution is 9.10. The van der Waals surface area contributed by atoms with Gasteiger partial charge < -0.3 is 10.5 Å². The van der Waals surface area contributed by atoms with E-state index in [2.05, 4.69) is 15.9 Å². The molecule has 0 aliphatic carbocycles.